The highest BCUT2D eigenvalue weighted by Crippen LogP contribution is 2.46. The number of amides is 1. The quantitative estimate of drug-likeness (QED) is 0.199. The number of rotatable bonds is 2. The lowest BCUT2D eigenvalue weighted by Gasteiger charge is -2.45. The first kappa shape index (κ1) is 30.8. The van der Waals surface area contributed by atoms with Gasteiger partial charge in [0.2, 0.25) is 0 Å². The zero-order chi connectivity index (χ0) is 31.0. The van der Waals surface area contributed by atoms with Crippen molar-refractivity contribution < 1.29 is 28.4 Å². The molecule has 2 bridgehead atoms. The van der Waals surface area contributed by atoms with Crippen LogP contribution in [0.1, 0.15) is 54.1 Å². The van der Waals surface area contributed by atoms with Crippen LogP contribution in [0.2, 0.25) is 5.02 Å². The molecule has 1 amide bonds. The van der Waals surface area contributed by atoms with E-state index in [1.165, 1.54) is 11.1 Å². The normalized spacial score (nSPS) is 31.3. The number of esters is 1. The molecule has 6 atom stereocenters. The number of nitrogens with zero attached hydrogens (tertiary/aromatic N) is 2. The van der Waals surface area contributed by atoms with Gasteiger partial charge in [-0.1, -0.05) is 36.4 Å². The summed E-state index contributed by atoms with van der Waals surface area (Å²) < 4.78 is 28.9. The molecule has 2 heterocycles. The first-order valence-electron chi connectivity index (χ1n) is 15.2. The molecular formula is C33H37ClN3O6S-. The molecular weight excluding hydrogens is 602 g/mol. The number of carbonyl (C=O) groups is 2. The lowest BCUT2D eigenvalue weighted by molar-refractivity contribution is -0.139. The summed E-state index contributed by atoms with van der Waals surface area (Å²) in [6.07, 6.45) is 6.91. The smallest absolute Gasteiger partial charge is 0.349 e. The Hall–Kier alpha value is -3.21. The van der Waals surface area contributed by atoms with E-state index in [0.717, 1.165) is 42.8 Å². The van der Waals surface area contributed by atoms with Gasteiger partial charge >= 0.3 is 5.97 Å². The van der Waals surface area contributed by atoms with Crippen molar-refractivity contribution in [2.75, 3.05) is 30.3 Å². The number of aliphatic hydroxyl groups is 1. The summed E-state index contributed by atoms with van der Waals surface area (Å²) in [6, 6.07) is 11.4. The van der Waals surface area contributed by atoms with Gasteiger partial charge in [0.1, 0.15) is 18.1 Å². The highest BCUT2D eigenvalue weighted by molar-refractivity contribution is 7.75. The zero-order valence-electron chi connectivity index (χ0n) is 24.6. The average Bonchev–Trinajstić information content (AvgIpc) is 3.13. The predicted molar refractivity (Wildman–Crippen MR) is 169 cm³/mol. The summed E-state index contributed by atoms with van der Waals surface area (Å²) in [5.41, 5.74) is 3.30. The second kappa shape index (κ2) is 12.7. The number of aliphatic hydroxyl groups excluding tert-OH is 1. The van der Waals surface area contributed by atoms with Gasteiger partial charge < -0.3 is 33.5 Å². The molecule has 6 rings (SSSR count). The van der Waals surface area contributed by atoms with Gasteiger partial charge in [0.25, 0.3) is 5.91 Å². The number of aryl methyl sites for hydroxylation is 1. The molecule has 2 N–H and O–H groups in total. The Labute approximate surface area is 264 Å². The molecule has 0 radical (unpaired) electrons. The molecule has 0 saturated heterocycles. The maximum atomic E-state index is 13.3. The second-order valence-electron chi connectivity index (χ2n) is 12.6. The van der Waals surface area contributed by atoms with Gasteiger partial charge in [-0.05, 0) is 97.4 Å². The fourth-order valence-corrected chi connectivity index (χ4v) is 8.38. The van der Waals surface area contributed by atoms with E-state index in [9.17, 15) is 18.9 Å². The Morgan fingerprint density at radius 3 is 2.86 bits per heavy atom. The third-order valence-electron chi connectivity index (χ3n) is 9.67. The fourth-order valence-electron chi connectivity index (χ4n) is 7.18. The largest absolute Gasteiger partial charge is 0.490 e. The molecule has 1 spiro atoms. The minimum atomic E-state index is -1.90. The first-order valence-corrected chi connectivity index (χ1v) is 16.8. The highest BCUT2D eigenvalue weighted by Gasteiger charge is 2.44. The summed E-state index contributed by atoms with van der Waals surface area (Å²) in [5.74, 6) is -1.11. The van der Waals surface area contributed by atoms with Crippen LogP contribution in [-0.4, -0.2) is 60.9 Å². The van der Waals surface area contributed by atoms with Gasteiger partial charge in [0, 0.05) is 29.1 Å². The number of carbonyl (C=O) groups excluding carboxylic acids is 2. The zero-order valence-corrected chi connectivity index (χ0v) is 26.2. The Bertz CT molecular complexity index is 1590. The predicted octanol–water partition coefficient (Wildman–Crippen LogP) is 5.26. The molecule has 234 valence electrons. The van der Waals surface area contributed by atoms with E-state index in [1.54, 1.807) is 37.3 Å². The topological polar surface area (TPSA) is 129 Å². The second-order valence-corrected chi connectivity index (χ2v) is 14.2. The van der Waals surface area contributed by atoms with Crippen molar-refractivity contribution in [1.29, 1.82) is 5.41 Å². The summed E-state index contributed by atoms with van der Waals surface area (Å²) in [6.45, 7) is 3.54. The van der Waals surface area contributed by atoms with E-state index < -0.39 is 40.6 Å². The van der Waals surface area contributed by atoms with Crippen molar-refractivity contribution in [3.05, 3.63) is 70.3 Å². The highest BCUT2D eigenvalue weighted by atomic mass is 35.5. The minimum Gasteiger partial charge on any atom is -0.490 e. The molecule has 4 aliphatic rings. The van der Waals surface area contributed by atoms with Gasteiger partial charge in [0.15, 0.2) is 0 Å². The maximum absolute atomic E-state index is 13.3. The summed E-state index contributed by atoms with van der Waals surface area (Å²) in [7, 11) is -1.90. The number of hydrogen-bond donors (Lipinski definition) is 2. The minimum absolute atomic E-state index is 0.0106. The molecule has 2 aliphatic carbocycles. The number of hydrogen-bond acceptors (Lipinski definition) is 9. The standard InChI is InChI=1S/C33H37ClN3O6S/c1-20-17-44(41)36-32(40)22-5-10-30-27(14-22)37(16-23-4-7-25(23)28(38)9-11-29(20)43-31(39)15-35)18-33(19-42-30)12-2-3-21-13-24(34)6-8-26(21)33/h5-6,8-11,13-15,20,23,25,28-29,35,38H,2-4,7,12,16-19H2,1H3/q-1/b11-9+,35-15?/t20-,23+,25-,28+,29+,33+/m1/s1. The number of benzene rings is 2. The van der Waals surface area contributed by atoms with Crippen LogP contribution in [0.5, 0.6) is 5.75 Å². The number of halogens is 1. The average molecular weight is 639 g/mol. The number of anilines is 1. The Morgan fingerprint density at radius 1 is 1.25 bits per heavy atom. The number of nitrogens with one attached hydrogen (secondary N) is 1. The van der Waals surface area contributed by atoms with E-state index >= 15 is 0 Å². The Morgan fingerprint density at radius 2 is 2.09 bits per heavy atom. The Balaban J connectivity index is 1.40. The van der Waals surface area contributed by atoms with Crippen LogP contribution in [0, 0.1) is 23.2 Å². The molecule has 2 aromatic rings. The maximum Gasteiger partial charge on any atom is 0.349 e. The van der Waals surface area contributed by atoms with E-state index in [0.29, 0.717) is 37.2 Å². The van der Waals surface area contributed by atoms with Crippen molar-refractivity contribution in [3.8, 4) is 5.75 Å². The molecule has 0 unspecified atom stereocenters. The molecule has 11 heteroatoms. The van der Waals surface area contributed by atoms with Crippen molar-refractivity contribution in [1.82, 2.24) is 0 Å². The molecule has 44 heavy (non-hydrogen) atoms. The van der Waals surface area contributed by atoms with Crippen LogP contribution in [0.25, 0.3) is 0 Å². The van der Waals surface area contributed by atoms with Gasteiger partial charge in [-0.15, -0.1) is 0 Å². The monoisotopic (exact) mass is 638 g/mol. The third-order valence-corrected chi connectivity index (χ3v) is 11.1. The van der Waals surface area contributed by atoms with Crippen molar-refractivity contribution in [3.63, 3.8) is 0 Å². The molecule has 0 aromatic heterocycles. The van der Waals surface area contributed by atoms with Crippen LogP contribution in [-0.2, 0) is 36.2 Å². The first-order chi connectivity index (χ1) is 21.2. The summed E-state index contributed by atoms with van der Waals surface area (Å²) in [4.78, 5) is 27.5. The van der Waals surface area contributed by atoms with Crippen LogP contribution in [0.4, 0.5) is 5.69 Å². The lowest BCUT2D eigenvalue weighted by atomic mass is 9.68. The van der Waals surface area contributed by atoms with Gasteiger partial charge in [-0.3, -0.25) is 4.79 Å². The van der Waals surface area contributed by atoms with Crippen LogP contribution >= 0.6 is 11.6 Å². The molecule has 2 aliphatic heterocycles. The van der Waals surface area contributed by atoms with E-state index in [1.807, 2.05) is 6.07 Å². The molecule has 9 nitrogen and oxygen atoms in total. The van der Waals surface area contributed by atoms with E-state index in [2.05, 4.69) is 21.4 Å². The third kappa shape index (κ3) is 6.17. The van der Waals surface area contributed by atoms with Crippen molar-refractivity contribution >= 4 is 46.0 Å². The molecule has 1 saturated carbocycles. The van der Waals surface area contributed by atoms with E-state index in [4.69, 9.17) is 26.5 Å². The van der Waals surface area contributed by atoms with Crippen molar-refractivity contribution in [2.24, 2.45) is 22.1 Å². The molecule has 1 fully saturated rings. The Kier molecular flexibility index (Phi) is 8.86. The van der Waals surface area contributed by atoms with E-state index in [-0.39, 0.29) is 23.0 Å². The van der Waals surface area contributed by atoms with Crippen LogP contribution < -0.4 is 9.64 Å². The molecule has 2 aromatic carbocycles. The lowest BCUT2D eigenvalue weighted by Crippen LogP contribution is -2.49. The van der Waals surface area contributed by atoms with Gasteiger partial charge in [0.05, 0.1) is 18.4 Å². The van der Waals surface area contributed by atoms with Crippen molar-refractivity contribution in [2.45, 2.75) is 56.7 Å². The number of ether oxygens (including phenoxy) is 2. The SMILES string of the molecule is C[C@@H]1C[S-](=O)=NC(=O)c2ccc3c(c2)N(C[C@@H]2CC[C@H]2[C@@H](O)/C=C/[C@@H]1OC(=O)C=N)C[C@@]1(CCCc2cc(Cl)ccc21)CO3. The van der Waals surface area contributed by atoms with Gasteiger partial charge in [-0.2, -0.15) is 10.6 Å². The van der Waals surface area contributed by atoms with Gasteiger partial charge in [-0.25, -0.2) is 4.79 Å². The summed E-state index contributed by atoms with van der Waals surface area (Å²) >= 11 is 6.38. The fraction of sp³-hybridized carbons (Fsp3) is 0.485. The van der Waals surface area contributed by atoms with Crippen LogP contribution in [0.15, 0.2) is 52.9 Å². The van der Waals surface area contributed by atoms with Crippen LogP contribution in [0.3, 0.4) is 0 Å². The number of fused-ring (bicyclic) bond motifs is 4. The summed E-state index contributed by atoms with van der Waals surface area (Å²) in [5, 5.41) is 19.2.